The van der Waals surface area contributed by atoms with Gasteiger partial charge < -0.3 is 15.7 Å². The number of nitrogens with one attached hydrogen (secondary N) is 2. The monoisotopic (exact) mass is 320 g/mol. The summed E-state index contributed by atoms with van der Waals surface area (Å²) in [5, 5.41) is 15.2. The van der Waals surface area contributed by atoms with Crippen LogP contribution in [0, 0.1) is 0 Å². The van der Waals surface area contributed by atoms with E-state index < -0.39 is 12.0 Å². The van der Waals surface area contributed by atoms with E-state index in [0.29, 0.717) is 11.7 Å². The van der Waals surface area contributed by atoms with Crippen molar-refractivity contribution in [1.29, 1.82) is 0 Å². The van der Waals surface area contributed by atoms with Crippen molar-refractivity contribution in [3.8, 4) is 0 Å². The van der Waals surface area contributed by atoms with E-state index in [9.17, 15) is 9.59 Å². The van der Waals surface area contributed by atoms with Crippen molar-refractivity contribution < 1.29 is 14.7 Å². The zero-order valence-corrected chi connectivity index (χ0v) is 13.7. The summed E-state index contributed by atoms with van der Waals surface area (Å²) in [5.74, 6) is -0.255. The zero-order valence-electron chi connectivity index (χ0n) is 12.1. The Morgan fingerprint density at radius 1 is 1.35 bits per heavy atom. The van der Waals surface area contributed by atoms with Crippen LogP contribution < -0.4 is 10.6 Å². The number of hydrogen-bond acceptors (Lipinski definition) is 4. The minimum Gasteiger partial charge on any atom is -0.480 e. The number of aliphatic carboxylic acids is 1. The molecule has 0 aliphatic heterocycles. The summed E-state index contributed by atoms with van der Waals surface area (Å²) >= 11 is 3.41. The summed E-state index contributed by atoms with van der Waals surface area (Å²) in [4.78, 5) is 23.0. The third-order valence-corrected chi connectivity index (χ3v) is 5.25. The molecule has 1 aliphatic carbocycles. The van der Waals surface area contributed by atoms with Crippen molar-refractivity contribution in [2.24, 2.45) is 0 Å². The molecule has 1 aliphatic rings. The summed E-state index contributed by atoms with van der Waals surface area (Å²) in [6.45, 7) is 0. The number of carboxylic acids is 1. The minimum absolute atomic E-state index is 0.163. The molecule has 1 saturated carbocycles. The van der Waals surface area contributed by atoms with E-state index >= 15 is 0 Å². The molecular formula is C13H24N2O3S2. The Kier molecular flexibility index (Phi) is 8.21. The summed E-state index contributed by atoms with van der Waals surface area (Å²) in [6.07, 6.45) is 8.73. The van der Waals surface area contributed by atoms with Crippen LogP contribution in [-0.4, -0.2) is 52.7 Å². The first-order chi connectivity index (χ1) is 9.56. The Morgan fingerprint density at radius 3 is 2.70 bits per heavy atom. The van der Waals surface area contributed by atoms with Gasteiger partial charge in [-0.3, -0.25) is 0 Å². The molecule has 116 valence electrons. The lowest BCUT2D eigenvalue weighted by Gasteiger charge is -2.29. The van der Waals surface area contributed by atoms with Crippen LogP contribution in [0.2, 0.25) is 0 Å². The number of rotatable bonds is 7. The normalized spacial score (nSPS) is 23.9. The maximum atomic E-state index is 11.9. The quantitative estimate of drug-likeness (QED) is 0.670. The molecule has 3 N–H and O–H groups in total. The average molecular weight is 320 g/mol. The average Bonchev–Trinajstić information content (AvgIpc) is 2.43. The van der Waals surface area contributed by atoms with E-state index in [0.717, 1.165) is 25.0 Å². The smallest absolute Gasteiger partial charge is 0.326 e. The fourth-order valence-corrected chi connectivity index (χ4v) is 3.67. The second-order valence-electron chi connectivity index (χ2n) is 5.01. The molecule has 0 aromatic rings. The van der Waals surface area contributed by atoms with Gasteiger partial charge in [0.15, 0.2) is 0 Å². The second kappa shape index (κ2) is 9.39. The van der Waals surface area contributed by atoms with Crippen molar-refractivity contribution >= 4 is 35.5 Å². The molecule has 0 aromatic heterocycles. The Bertz CT molecular complexity index is 329. The van der Waals surface area contributed by atoms with Gasteiger partial charge in [0.1, 0.15) is 6.04 Å². The topological polar surface area (TPSA) is 78.4 Å². The van der Waals surface area contributed by atoms with E-state index in [2.05, 4.69) is 16.9 Å². The van der Waals surface area contributed by atoms with Crippen LogP contribution >= 0.6 is 23.5 Å². The lowest BCUT2D eigenvalue weighted by atomic mass is 9.95. The van der Waals surface area contributed by atoms with Crippen LogP contribution in [0.25, 0.3) is 0 Å². The van der Waals surface area contributed by atoms with E-state index in [1.165, 1.54) is 6.42 Å². The van der Waals surface area contributed by atoms with Crippen molar-refractivity contribution in [3.63, 3.8) is 0 Å². The first-order valence-corrected chi connectivity index (χ1v) is 9.56. The molecular weight excluding hydrogens is 296 g/mol. The Morgan fingerprint density at radius 2 is 2.10 bits per heavy atom. The van der Waals surface area contributed by atoms with Crippen molar-refractivity contribution in [2.45, 2.75) is 49.4 Å². The highest BCUT2D eigenvalue weighted by atomic mass is 32.2. The third-order valence-electron chi connectivity index (χ3n) is 3.51. The number of hydrogen-bond donors (Lipinski definition) is 3. The van der Waals surface area contributed by atoms with E-state index in [1.807, 2.05) is 18.0 Å². The van der Waals surface area contributed by atoms with Gasteiger partial charge in [0.2, 0.25) is 0 Å². The van der Waals surface area contributed by atoms with Crippen LogP contribution in [-0.2, 0) is 4.79 Å². The molecule has 3 atom stereocenters. The van der Waals surface area contributed by atoms with Gasteiger partial charge in [0, 0.05) is 11.3 Å². The van der Waals surface area contributed by atoms with Gasteiger partial charge in [0.05, 0.1) is 0 Å². The number of urea groups is 1. The Labute approximate surface area is 129 Å². The molecule has 1 rings (SSSR count). The number of thioether (sulfide) groups is 2. The molecule has 2 unspecified atom stereocenters. The summed E-state index contributed by atoms with van der Waals surface area (Å²) < 4.78 is 0. The molecule has 7 heteroatoms. The van der Waals surface area contributed by atoms with Gasteiger partial charge in [-0.15, -0.1) is 0 Å². The van der Waals surface area contributed by atoms with Gasteiger partial charge >= 0.3 is 12.0 Å². The minimum atomic E-state index is -0.972. The van der Waals surface area contributed by atoms with Crippen LogP contribution in [0.15, 0.2) is 0 Å². The first kappa shape index (κ1) is 17.5. The van der Waals surface area contributed by atoms with Gasteiger partial charge in [-0.1, -0.05) is 6.42 Å². The van der Waals surface area contributed by atoms with Gasteiger partial charge in [-0.25, -0.2) is 9.59 Å². The van der Waals surface area contributed by atoms with Gasteiger partial charge in [-0.2, -0.15) is 23.5 Å². The Hall–Kier alpha value is -0.560. The highest BCUT2D eigenvalue weighted by Gasteiger charge is 2.24. The largest absolute Gasteiger partial charge is 0.480 e. The lowest BCUT2D eigenvalue weighted by Crippen LogP contribution is -2.50. The standard InChI is InChI=1S/C13H24N2O3S2/c1-19-7-6-11(12(16)17)15-13(18)14-9-4-3-5-10(8-9)20-2/h9-11H,3-8H2,1-2H3,(H,16,17)(H2,14,15,18)/t9?,10?,11-/m1/s1. The number of carboxylic acid groups (broad SMARTS) is 1. The Balaban J connectivity index is 2.38. The number of amides is 2. The maximum Gasteiger partial charge on any atom is 0.326 e. The fourth-order valence-electron chi connectivity index (χ4n) is 2.37. The molecule has 0 saturated heterocycles. The summed E-state index contributed by atoms with van der Waals surface area (Å²) in [6, 6.07) is -0.996. The molecule has 0 aromatic carbocycles. The molecule has 5 nitrogen and oxygen atoms in total. The zero-order chi connectivity index (χ0) is 15.0. The molecule has 0 bridgehead atoms. The third kappa shape index (κ3) is 6.26. The second-order valence-corrected chi connectivity index (χ2v) is 7.14. The lowest BCUT2D eigenvalue weighted by molar-refractivity contribution is -0.139. The molecule has 20 heavy (non-hydrogen) atoms. The summed E-state index contributed by atoms with van der Waals surface area (Å²) in [7, 11) is 0. The van der Waals surface area contributed by atoms with E-state index in [-0.39, 0.29) is 12.1 Å². The SMILES string of the molecule is CSCC[C@@H](NC(=O)NC1CCCC(SC)C1)C(=O)O. The van der Waals surface area contributed by atoms with E-state index in [1.54, 1.807) is 11.8 Å². The molecule has 0 heterocycles. The predicted molar refractivity (Wildman–Crippen MR) is 85.6 cm³/mol. The van der Waals surface area contributed by atoms with Crippen LogP contribution in [0.5, 0.6) is 0 Å². The van der Waals surface area contributed by atoms with Gasteiger partial charge in [0.25, 0.3) is 0 Å². The van der Waals surface area contributed by atoms with E-state index in [4.69, 9.17) is 5.11 Å². The fraction of sp³-hybridized carbons (Fsp3) is 0.846. The summed E-state index contributed by atoms with van der Waals surface area (Å²) in [5.41, 5.74) is 0. The van der Waals surface area contributed by atoms with Crippen molar-refractivity contribution in [3.05, 3.63) is 0 Å². The van der Waals surface area contributed by atoms with Crippen LogP contribution in [0.4, 0.5) is 4.79 Å². The van der Waals surface area contributed by atoms with Crippen LogP contribution in [0.3, 0.4) is 0 Å². The first-order valence-electron chi connectivity index (χ1n) is 6.88. The van der Waals surface area contributed by atoms with Crippen molar-refractivity contribution in [1.82, 2.24) is 10.6 Å². The van der Waals surface area contributed by atoms with Crippen molar-refractivity contribution in [2.75, 3.05) is 18.3 Å². The maximum absolute atomic E-state index is 11.9. The number of carbonyl (C=O) groups excluding carboxylic acids is 1. The molecule has 0 spiro atoms. The highest BCUT2D eigenvalue weighted by molar-refractivity contribution is 7.99. The van der Waals surface area contributed by atoms with Gasteiger partial charge in [-0.05, 0) is 43.9 Å². The molecule has 1 fully saturated rings. The number of carbonyl (C=O) groups is 2. The highest BCUT2D eigenvalue weighted by Crippen LogP contribution is 2.26. The van der Waals surface area contributed by atoms with Crippen LogP contribution in [0.1, 0.15) is 32.1 Å². The molecule has 2 amide bonds. The molecule has 0 radical (unpaired) electrons. The predicted octanol–water partition coefficient (Wildman–Crippen LogP) is 2.17.